The molecular weight excluding hydrogens is 431 g/mol. The van der Waals surface area contributed by atoms with E-state index in [-0.39, 0.29) is 23.3 Å². The molecule has 2 aliphatic rings. The van der Waals surface area contributed by atoms with E-state index >= 15 is 0 Å². The molecular formula is C26H27FN6O. The fourth-order valence-electron chi connectivity index (χ4n) is 4.83. The lowest BCUT2D eigenvalue weighted by atomic mass is 10.0. The third kappa shape index (κ3) is 3.58. The number of anilines is 2. The van der Waals surface area contributed by atoms with Crippen LogP contribution >= 0.6 is 0 Å². The Labute approximate surface area is 196 Å². The van der Waals surface area contributed by atoms with Crippen molar-refractivity contribution in [2.75, 3.05) is 11.9 Å². The number of hydrogen-bond acceptors (Lipinski definition) is 5. The van der Waals surface area contributed by atoms with Crippen molar-refractivity contribution in [2.45, 2.75) is 51.6 Å². The van der Waals surface area contributed by atoms with E-state index in [0.29, 0.717) is 22.5 Å². The summed E-state index contributed by atoms with van der Waals surface area (Å²) in [6.07, 6.45) is 4.59. The van der Waals surface area contributed by atoms with E-state index in [2.05, 4.69) is 27.8 Å². The fourth-order valence-corrected chi connectivity index (χ4v) is 4.83. The molecule has 7 nitrogen and oxygen atoms in total. The maximum atomic E-state index is 14.5. The molecule has 2 aromatic heterocycles. The zero-order chi connectivity index (χ0) is 23.4. The smallest absolute Gasteiger partial charge is 0.278 e. The summed E-state index contributed by atoms with van der Waals surface area (Å²) < 4.78 is 17.9. The standard InChI is InChI=1S/C26H27FN6O/c1-15(2)32-25(34)22-14-29-26(30-19-6-5-16-9-10-28-13-18(16)11-19)31-24(22)33(32)20-7-8-23(27)21(12-20)17-3-4-17/h5-8,11-12,14-15,17,28H,3-4,9-10,13H2,1-2H3,(H,29,30,31). The van der Waals surface area contributed by atoms with Crippen LogP contribution in [0.1, 0.15) is 55.3 Å². The van der Waals surface area contributed by atoms with Crippen molar-refractivity contribution < 1.29 is 4.39 Å². The van der Waals surface area contributed by atoms with Crippen LogP contribution in [0.25, 0.3) is 16.7 Å². The van der Waals surface area contributed by atoms with Gasteiger partial charge in [-0.2, -0.15) is 4.98 Å². The molecule has 8 heteroatoms. The highest BCUT2D eigenvalue weighted by molar-refractivity contribution is 5.77. The number of rotatable bonds is 5. The summed E-state index contributed by atoms with van der Waals surface area (Å²) in [5.74, 6) is 0.474. The highest BCUT2D eigenvalue weighted by Gasteiger charge is 2.28. The summed E-state index contributed by atoms with van der Waals surface area (Å²) in [7, 11) is 0. The Morgan fingerprint density at radius 1 is 1.15 bits per heavy atom. The highest BCUT2D eigenvalue weighted by atomic mass is 19.1. The molecule has 3 heterocycles. The Kier molecular flexibility index (Phi) is 4.99. The van der Waals surface area contributed by atoms with Crippen molar-refractivity contribution >= 4 is 22.7 Å². The molecule has 1 aliphatic carbocycles. The summed E-state index contributed by atoms with van der Waals surface area (Å²) in [5.41, 5.74) is 5.30. The maximum absolute atomic E-state index is 14.5. The lowest BCUT2D eigenvalue weighted by molar-refractivity contribution is 0.475. The van der Waals surface area contributed by atoms with Crippen LogP contribution < -0.4 is 16.2 Å². The van der Waals surface area contributed by atoms with Crippen LogP contribution in [0.15, 0.2) is 47.4 Å². The van der Waals surface area contributed by atoms with Gasteiger partial charge in [-0.3, -0.25) is 4.79 Å². The van der Waals surface area contributed by atoms with Crippen molar-refractivity contribution in [3.05, 3.63) is 75.5 Å². The molecule has 0 spiro atoms. The molecule has 0 atom stereocenters. The minimum atomic E-state index is -0.194. The predicted octanol–water partition coefficient (Wildman–Crippen LogP) is 4.57. The maximum Gasteiger partial charge on any atom is 0.278 e. The van der Waals surface area contributed by atoms with E-state index in [1.807, 2.05) is 26.0 Å². The van der Waals surface area contributed by atoms with Crippen LogP contribution in [0.3, 0.4) is 0 Å². The van der Waals surface area contributed by atoms with Crippen molar-refractivity contribution in [1.29, 1.82) is 0 Å². The van der Waals surface area contributed by atoms with Gasteiger partial charge in [-0.15, -0.1) is 0 Å². The molecule has 0 bridgehead atoms. The molecule has 0 saturated heterocycles. The molecule has 6 rings (SSSR count). The number of nitrogens with one attached hydrogen (secondary N) is 2. The topological polar surface area (TPSA) is 76.8 Å². The number of fused-ring (bicyclic) bond motifs is 2. The molecule has 2 aromatic carbocycles. The number of hydrogen-bond donors (Lipinski definition) is 2. The van der Waals surface area contributed by atoms with Gasteiger partial charge in [-0.1, -0.05) is 6.07 Å². The Bertz CT molecular complexity index is 1470. The number of benzene rings is 2. The third-order valence-electron chi connectivity index (χ3n) is 6.70. The molecule has 174 valence electrons. The van der Waals surface area contributed by atoms with Gasteiger partial charge in [0, 0.05) is 24.5 Å². The second-order valence-corrected chi connectivity index (χ2v) is 9.50. The summed E-state index contributed by atoms with van der Waals surface area (Å²) in [6, 6.07) is 11.2. The first-order valence-corrected chi connectivity index (χ1v) is 11.9. The van der Waals surface area contributed by atoms with Crippen LogP contribution in [0.4, 0.5) is 16.0 Å². The zero-order valence-corrected chi connectivity index (χ0v) is 19.3. The molecule has 4 aromatic rings. The number of aromatic nitrogens is 4. The molecule has 34 heavy (non-hydrogen) atoms. The van der Waals surface area contributed by atoms with Gasteiger partial charge in [0.25, 0.3) is 5.56 Å². The molecule has 1 saturated carbocycles. The van der Waals surface area contributed by atoms with Crippen molar-refractivity contribution in [2.24, 2.45) is 0 Å². The quantitative estimate of drug-likeness (QED) is 0.458. The van der Waals surface area contributed by atoms with Crippen LogP contribution in [0.2, 0.25) is 0 Å². The second-order valence-electron chi connectivity index (χ2n) is 9.50. The van der Waals surface area contributed by atoms with Gasteiger partial charge in [0.05, 0.1) is 5.69 Å². The summed E-state index contributed by atoms with van der Waals surface area (Å²) in [4.78, 5) is 22.4. The van der Waals surface area contributed by atoms with E-state index in [1.165, 1.54) is 17.2 Å². The fraction of sp³-hybridized carbons (Fsp3) is 0.346. The van der Waals surface area contributed by atoms with Crippen LogP contribution in [0, 0.1) is 5.82 Å². The largest absolute Gasteiger partial charge is 0.324 e. The Morgan fingerprint density at radius 3 is 2.79 bits per heavy atom. The van der Waals surface area contributed by atoms with Gasteiger partial charge in [0.2, 0.25) is 5.95 Å². The van der Waals surface area contributed by atoms with Crippen LogP contribution in [-0.2, 0) is 13.0 Å². The van der Waals surface area contributed by atoms with E-state index in [0.717, 1.165) is 43.7 Å². The van der Waals surface area contributed by atoms with E-state index in [4.69, 9.17) is 4.98 Å². The Morgan fingerprint density at radius 2 is 2.00 bits per heavy atom. The first-order chi connectivity index (χ1) is 16.5. The molecule has 0 radical (unpaired) electrons. The van der Waals surface area contributed by atoms with Gasteiger partial charge in [-0.25, -0.2) is 18.7 Å². The summed E-state index contributed by atoms with van der Waals surface area (Å²) >= 11 is 0. The summed E-state index contributed by atoms with van der Waals surface area (Å²) in [5, 5.41) is 7.13. The number of nitrogens with zero attached hydrogens (tertiary/aromatic N) is 4. The highest BCUT2D eigenvalue weighted by Crippen LogP contribution is 2.42. The average Bonchev–Trinajstić information content (AvgIpc) is 3.63. The number of halogens is 1. The third-order valence-corrected chi connectivity index (χ3v) is 6.70. The van der Waals surface area contributed by atoms with Gasteiger partial charge in [0.1, 0.15) is 11.2 Å². The minimum Gasteiger partial charge on any atom is -0.324 e. The summed E-state index contributed by atoms with van der Waals surface area (Å²) in [6.45, 7) is 5.75. The first kappa shape index (κ1) is 21.0. The van der Waals surface area contributed by atoms with Crippen LogP contribution in [0.5, 0.6) is 0 Å². The first-order valence-electron chi connectivity index (χ1n) is 11.9. The Hall–Kier alpha value is -3.52. The van der Waals surface area contributed by atoms with Gasteiger partial charge in [0.15, 0.2) is 5.65 Å². The van der Waals surface area contributed by atoms with Gasteiger partial charge < -0.3 is 10.6 Å². The van der Waals surface area contributed by atoms with Crippen molar-refractivity contribution in [1.82, 2.24) is 24.6 Å². The van der Waals surface area contributed by atoms with Gasteiger partial charge in [-0.05, 0) is 92.6 Å². The second kappa shape index (κ2) is 8.06. The predicted molar refractivity (Wildman–Crippen MR) is 131 cm³/mol. The molecule has 0 amide bonds. The molecule has 1 fully saturated rings. The van der Waals surface area contributed by atoms with Crippen molar-refractivity contribution in [3.8, 4) is 5.69 Å². The zero-order valence-electron chi connectivity index (χ0n) is 19.3. The molecule has 2 N–H and O–H groups in total. The van der Waals surface area contributed by atoms with Crippen molar-refractivity contribution in [3.63, 3.8) is 0 Å². The molecule has 0 unspecified atom stereocenters. The van der Waals surface area contributed by atoms with Crippen LogP contribution in [-0.4, -0.2) is 25.9 Å². The SMILES string of the molecule is CC(C)n1c(=O)c2cnc(Nc3ccc4c(c3)CNCC4)nc2n1-c1ccc(F)c(C2CC2)c1. The molecule has 1 aliphatic heterocycles. The van der Waals surface area contributed by atoms with E-state index < -0.39 is 0 Å². The lowest BCUT2D eigenvalue weighted by Crippen LogP contribution is -2.24. The van der Waals surface area contributed by atoms with E-state index in [1.54, 1.807) is 21.6 Å². The van der Waals surface area contributed by atoms with E-state index in [9.17, 15) is 9.18 Å². The monoisotopic (exact) mass is 458 g/mol. The minimum absolute atomic E-state index is 0.110. The van der Waals surface area contributed by atoms with Gasteiger partial charge >= 0.3 is 0 Å². The average molecular weight is 459 g/mol. The Balaban J connectivity index is 1.46. The lowest BCUT2D eigenvalue weighted by Gasteiger charge is -2.18. The normalized spacial score (nSPS) is 15.6.